The lowest BCUT2D eigenvalue weighted by Crippen LogP contribution is -2.10. The van der Waals surface area contributed by atoms with Gasteiger partial charge >= 0.3 is 5.97 Å². The molecule has 5 nitrogen and oxygen atoms in total. The van der Waals surface area contributed by atoms with Crippen LogP contribution in [0.2, 0.25) is 0 Å². The number of ether oxygens (including phenoxy) is 1. The smallest absolute Gasteiger partial charge is 0.335 e. The van der Waals surface area contributed by atoms with Gasteiger partial charge in [-0.1, -0.05) is 13.3 Å². The van der Waals surface area contributed by atoms with Crippen molar-refractivity contribution in [1.29, 1.82) is 0 Å². The van der Waals surface area contributed by atoms with Crippen LogP contribution in [0.4, 0.5) is 0 Å². The predicted molar refractivity (Wildman–Crippen MR) is 66.9 cm³/mol. The number of hydrogen-bond donors (Lipinski definition) is 1. The first-order valence-corrected chi connectivity index (χ1v) is 7.21. The number of sulfone groups is 1. The largest absolute Gasteiger partial charge is 0.495 e. The molecule has 6 heteroatoms. The van der Waals surface area contributed by atoms with Crippen LogP contribution in [0.25, 0.3) is 0 Å². The van der Waals surface area contributed by atoms with Crippen LogP contribution >= 0.6 is 0 Å². The van der Waals surface area contributed by atoms with Gasteiger partial charge in [0, 0.05) is 0 Å². The maximum atomic E-state index is 12.1. The van der Waals surface area contributed by atoms with Gasteiger partial charge in [-0.05, 0) is 24.6 Å². The summed E-state index contributed by atoms with van der Waals surface area (Å²) in [5, 5.41) is 8.88. The normalized spacial score (nSPS) is 11.2. The molecule has 0 amide bonds. The number of methoxy groups -OCH3 is 1. The summed E-state index contributed by atoms with van der Waals surface area (Å²) >= 11 is 0. The van der Waals surface area contributed by atoms with Crippen molar-refractivity contribution in [3.63, 3.8) is 0 Å². The first-order valence-electron chi connectivity index (χ1n) is 5.56. The van der Waals surface area contributed by atoms with Gasteiger partial charge < -0.3 is 9.84 Å². The lowest BCUT2D eigenvalue weighted by molar-refractivity contribution is 0.0696. The number of unbranched alkanes of at least 4 members (excludes halogenated alkanes) is 1. The SMILES string of the molecule is CCCCS(=O)(=O)c1cc(C(=O)O)ccc1OC. The molecule has 1 N–H and O–H groups in total. The van der Waals surface area contributed by atoms with Gasteiger partial charge in [0.25, 0.3) is 0 Å². The van der Waals surface area contributed by atoms with E-state index < -0.39 is 15.8 Å². The Bertz CT molecular complexity index is 533. The van der Waals surface area contributed by atoms with Crippen molar-refractivity contribution in [2.24, 2.45) is 0 Å². The standard InChI is InChI=1S/C12H16O5S/c1-3-4-7-18(15,16)11-8-9(12(13)14)5-6-10(11)17-2/h5-6,8H,3-4,7H2,1-2H3,(H,13,14). The van der Waals surface area contributed by atoms with E-state index in [1.807, 2.05) is 6.92 Å². The van der Waals surface area contributed by atoms with E-state index in [4.69, 9.17) is 9.84 Å². The average Bonchev–Trinajstić information content (AvgIpc) is 2.35. The quantitative estimate of drug-likeness (QED) is 0.856. The molecule has 18 heavy (non-hydrogen) atoms. The maximum Gasteiger partial charge on any atom is 0.335 e. The lowest BCUT2D eigenvalue weighted by Gasteiger charge is -2.10. The zero-order valence-corrected chi connectivity index (χ0v) is 11.2. The van der Waals surface area contributed by atoms with E-state index in [1.54, 1.807) is 0 Å². The lowest BCUT2D eigenvalue weighted by atomic mass is 10.2. The first kappa shape index (κ1) is 14.5. The number of benzene rings is 1. The molecule has 0 aliphatic heterocycles. The fourth-order valence-corrected chi connectivity index (χ4v) is 3.15. The minimum atomic E-state index is -3.51. The highest BCUT2D eigenvalue weighted by Crippen LogP contribution is 2.26. The van der Waals surface area contributed by atoms with Crippen LogP contribution in [0.1, 0.15) is 30.1 Å². The Morgan fingerprint density at radius 3 is 2.56 bits per heavy atom. The van der Waals surface area contributed by atoms with Gasteiger partial charge in [0.05, 0.1) is 18.4 Å². The molecule has 1 rings (SSSR count). The third-order valence-electron chi connectivity index (χ3n) is 2.51. The van der Waals surface area contributed by atoms with Gasteiger partial charge in [-0.2, -0.15) is 0 Å². The summed E-state index contributed by atoms with van der Waals surface area (Å²) in [6.45, 7) is 1.89. The van der Waals surface area contributed by atoms with E-state index in [2.05, 4.69) is 0 Å². The number of rotatable bonds is 6. The second-order valence-corrected chi connectivity index (χ2v) is 5.92. The molecule has 0 atom stereocenters. The van der Waals surface area contributed by atoms with E-state index in [0.717, 1.165) is 12.5 Å². The average molecular weight is 272 g/mol. The molecule has 0 radical (unpaired) electrons. The molecule has 100 valence electrons. The van der Waals surface area contributed by atoms with Crippen LogP contribution in [-0.4, -0.2) is 32.4 Å². The van der Waals surface area contributed by atoms with Crippen molar-refractivity contribution in [3.8, 4) is 5.75 Å². The van der Waals surface area contributed by atoms with Gasteiger partial charge in [0.15, 0.2) is 9.84 Å². The highest BCUT2D eigenvalue weighted by atomic mass is 32.2. The molecule has 0 spiro atoms. The Labute approximate surface area is 106 Å². The number of hydrogen-bond acceptors (Lipinski definition) is 4. The Kier molecular flexibility index (Phi) is 4.72. The van der Waals surface area contributed by atoms with E-state index in [-0.39, 0.29) is 22.0 Å². The zero-order chi connectivity index (χ0) is 13.8. The third kappa shape index (κ3) is 3.22. The molecule has 0 saturated heterocycles. The number of carbonyl (C=O) groups is 1. The Morgan fingerprint density at radius 2 is 2.06 bits per heavy atom. The highest BCUT2D eigenvalue weighted by Gasteiger charge is 2.21. The molecular formula is C12H16O5S. The molecule has 0 aromatic heterocycles. The van der Waals surface area contributed by atoms with E-state index in [1.165, 1.54) is 19.2 Å². The molecule has 1 aromatic carbocycles. The summed E-state index contributed by atoms with van der Waals surface area (Å²) in [5.41, 5.74) is -0.0640. The van der Waals surface area contributed by atoms with Gasteiger partial charge in [-0.15, -0.1) is 0 Å². The summed E-state index contributed by atoms with van der Waals surface area (Å²) < 4.78 is 29.1. The molecule has 0 unspecified atom stereocenters. The van der Waals surface area contributed by atoms with Crippen LogP contribution in [0.15, 0.2) is 23.1 Å². The van der Waals surface area contributed by atoms with E-state index in [9.17, 15) is 13.2 Å². The summed E-state index contributed by atoms with van der Waals surface area (Å²) in [6, 6.07) is 3.83. The monoisotopic (exact) mass is 272 g/mol. The molecule has 0 bridgehead atoms. The second kappa shape index (κ2) is 5.86. The summed E-state index contributed by atoms with van der Waals surface area (Å²) in [5.74, 6) is -0.996. The maximum absolute atomic E-state index is 12.1. The molecule has 1 aromatic rings. The van der Waals surface area contributed by atoms with Crippen LogP contribution in [-0.2, 0) is 9.84 Å². The molecule has 0 fully saturated rings. The van der Waals surface area contributed by atoms with Crippen LogP contribution in [0, 0.1) is 0 Å². The van der Waals surface area contributed by atoms with Crippen molar-refractivity contribution in [2.75, 3.05) is 12.9 Å². The minimum absolute atomic E-state index is 0.0110. The topological polar surface area (TPSA) is 80.7 Å². The van der Waals surface area contributed by atoms with E-state index in [0.29, 0.717) is 6.42 Å². The fourth-order valence-electron chi connectivity index (χ4n) is 1.50. The van der Waals surface area contributed by atoms with Gasteiger partial charge in [0.1, 0.15) is 10.6 Å². The van der Waals surface area contributed by atoms with Gasteiger partial charge in [0.2, 0.25) is 0 Å². The van der Waals surface area contributed by atoms with Crippen molar-refractivity contribution in [1.82, 2.24) is 0 Å². The third-order valence-corrected chi connectivity index (χ3v) is 4.33. The number of carboxylic acids is 1. The Hall–Kier alpha value is -1.56. The second-order valence-electron chi connectivity index (χ2n) is 3.84. The van der Waals surface area contributed by atoms with Crippen LogP contribution in [0.5, 0.6) is 5.75 Å². The van der Waals surface area contributed by atoms with Gasteiger partial charge in [-0.25, -0.2) is 13.2 Å². The predicted octanol–water partition coefficient (Wildman–Crippen LogP) is 1.97. The Morgan fingerprint density at radius 1 is 1.39 bits per heavy atom. The molecular weight excluding hydrogens is 256 g/mol. The van der Waals surface area contributed by atoms with E-state index >= 15 is 0 Å². The number of aromatic carboxylic acids is 1. The molecule has 0 aliphatic rings. The van der Waals surface area contributed by atoms with Crippen molar-refractivity contribution in [3.05, 3.63) is 23.8 Å². The summed E-state index contributed by atoms with van der Waals surface area (Å²) in [4.78, 5) is 10.8. The molecule has 0 heterocycles. The van der Waals surface area contributed by atoms with Crippen molar-refractivity contribution >= 4 is 15.8 Å². The number of carboxylic acid groups (broad SMARTS) is 1. The molecule has 0 saturated carbocycles. The van der Waals surface area contributed by atoms with Crippen LogP contribution < -0.4 is 4.74 Å². The minimum Gasteiger partial charge on any atom is -0.495 e. The fraction of sp³-hybridized carbons (Fsp3) is 0.417. The first-order chi connectivity index (χ1) is 8.42. The van der Waals surface area contributed by atoms with Crippen LogP contribution in [0.3, 0.4) is 0 Å². The molecule has 0 aliphatic carbocycles. The van der Waals surface area contributed by atoms with Crippen molar-refractivity contribution in [2.45, 2.75) is 24.7 Å². The van der Waals surface area contributed by atoms with Gasteiger partial charge in [-0.3, -0.25) is 0 Å². The zero-order valence-electron chi connectivity index (χ0n) is 10.3. The van der Waals surface area contributed by atoms with Crippen molar-refractivity contribution < 1.29 is 23.1 Å². The summed E-state index contributed by atoms with van der Waals surface area (Å²) in [6.07, 6.45) is 1.28. The Balaban J connectivity index is 3.27. The summed E-state index contributed by atoms with van der Waals surface area (Å²) in [7, 11) is -2.15. The highest BCUT2D eigenvalue weighted by molar-refractivity contribution is 7.91.